The zero-order valence-corrected chi connectivity index (χ0v) is 12.5. The van der Waals surface area contributed by atoms with Crippen LogP contribution in [0.4, 0.5) is 0 Å². The van der Waals surface area contributed by atoms with E-state index in [1.54, 1.807) is 24.2 Å². The molecule has 1 atom stereocenters. The highest BCUT2D eigenvalue weighted by atomic mass is 32.2. The third kappa shape index (κ3) is 3.01. The number of carbonyl (C=O) groups is 1. The van der Waals surface area contributed by atoms with Crippen LogP contribution in [0.25, 0.3) is 0 Å². The summed E-state index contributed by atoms with van der Waals surface area (Å²) in [6.45, 7) is 2.30. The van der Waals surface area contributed by atoms with Gasteiger partial charge in [-0.1, -0.05) is 11.8 Å². The van der Waals surface area contributed by atoms with Gasteiger partial charge >= 0.3 is 5.97 Å². The van der Waals surface area contributed by atoms with Crippen LogP contribution in [0.3, 0.4) is 0 Å². The molecule has 0 amide bonds. The molecule has 2 N–H and O–H groups in total. The first-order valence-electron chi connectivity index (χ1n) is 7.31. The summed E-state index contributed by atoms with van der Waals surface area (Å²) in [6.07, 6.45) is 8.09. The van der Waals surface area contributed by atoms with Crippen molar-refractivity contribution in [2.45, 2.75) is 49.3 Å². The van der Waals surface area contributed by atoms with E-state index in [4.69, 9.17) is 4.74 Å². The van der Waals surface area contributed by atoms with E-state index in [-0.39, 0.29) is 5.97 Å². The fourth-order valence-corrected chi connectivity index (χ4v) is 3.59. The number of hydrogen-bond donors (Lipinski definition) is 2. The second kappa shape index (κ2) is 5.77. The lowest BCUT2D eigenvalue weighted by Gasteiger charge is -2.32. The maximum atomic E-state index is 12.5. The van der Waals surface area contributed by atoms with Crippen LogP contribution in [0.5, 0.6) is 0 Å². The normalized spacial score (nSPS) is 21.4. The Kier molecular flexibility index (Phi) is 4.03. The number of nitrogens with zero attached hydrogens (tertiary/aromatic N) is 1. The largest absolute Gasteiger partial charge is 0.465 e. The molecule has 1 aromatic heterocycles. The third-order valence-electron chi connectivity index (χ3n) is 3.86. The molecule has 0 spiro atoms. The number of imidazole rings is 1. The summed E-state index contributed by atoms with van der Waals surface area (Å²) >= 11 is 1.60. The van der Waals surface area contributed by atoms with Gasteiger partial charge in [0.1, 0.15) is 5.54 Å². The third-order valence-corrected chi connectivity index (χ3v) is 4.96. The van der Waals surface area contributed by atoms with E-state index < -0.39 is 5.54 Å². The Bertz CT molecular complexity index is 457. The van der Waals surface area contributed by atoms with Gasteiger partial charge in [-0.2, -0.15) is 0 Å². The van der Waals surface area contributed by atoms with Crippen LogP contribution in [0, 0.1) is 5.92 Å². The number of nitrogens with one attached hydrogen (secondary N) is 2. The van der Waals surface area contributed by atoms with E-state index in [1.807, 2.05) is 6.92 Å². The van der Waals surface area contributed by atoms with E-state index in [2.05, 4.69) is 15.3 Å². The Morgan fingerprint density at radius 1 is 1.55 bits per heavy atom. The molecule has 0 bridgehead atoms. The van der Waals surface area contributed by atoms with Crippen molar-refractivity contribution >= 4 is 17.7 Å². The van der Waals surface area contributed by atoms with Gasteiger partial charge in [0.25, 0.3) is 0 Å². The molecule has 0 aliphatic heterocycles. The topological polar surface area (TPSA) is 67.0 Å². The highest BCUT2D eigenvalue weighted by molar-refractivity contribution is 7.99. The molecule has 0 saturated heterocycles. The molecule has 0 aromatic carbocycles. The molecule has 2 aliphatic rings. The number of hydrogen-bond acceptors (Lipinski definition) is 5. The van der Waals surface area contributed by atoms with Gasteiger partial charge in [0, 0.05) is 24.2 Å². The Morgan fingerprint density at radius 3 is 2.90 bits per heavy atom. The number of rotatable bonds is 8. The summed E-state index contributed by atoms with van der Waals surface area (Å²) < 4.78 is 5.36. The standard InChI is InChI=1S/C14H21N3O2S/c1-2-19-12(18)14(10-3-4-10,17-11-5-6-11)9-20-13-15-7-8-16-13/h7-8,10-11,17H,2-6,9H2,1H3,(H,15,16). The minimum atomic E-state index is -0.533. The van der Waals surface area contributed by atoms with Crippen molar-refractivity contribution in [2.75, 3.05) is 12.4 Å². The molecule has 110 valence electrons. The van der Waals surface area contributed by atoms with Gasteiger partial charge in [-0.15, -0.1) is 0 Å². The molecule has 1 heterocycles. The van der Waals surface area contributed by atoms with E-state index in [0.29, 0.717) is 24.3 Å². The van der Waals surface area contributed by atoms with Gasteiger partial charge in [0.15, 0.2) is 5.16 Å². The van der Waals surface area contributed by atoms with Crippen molar-refractivity contribution in [3.05, 3.63) is 12.4 Å². The van der Waals surface area contributed by atoms with Gasteiger partial charge in [-0.3, -0.25) is 10.1 Å². The minimum Gasteiger partial charge on any atom is -0.465 e. The molecule has 2 saturated carbocycles. The number of aromatic nitrogens is 2. The molecule has 1 aromatic rings. The second-order valence-electron chi connectivity index (χ2n) is 5.57. The van der Waals surface area contributed by atoms with Gasteiger partial charge in [0.05, 0.1) is 6.61 Å². The lowest BCUT2D eigenvalue weighted by atomic mass is 9.95. The number of ether oxygens (including phenoxy) is 1. The zero-order valence-electron chi connectivity index (χ0n) is 11.7. The summed E-state index contributed by atoms with van der Waals surface area (Å²) in [7, 11) is 0. The molecule has 0 radical (unpaired) electrons. The van der Waals surface area contributed by atoms with Crippen LogP contribution in [-0.2, 0) is 9.53 Å². The predicted octanol–water partition coefficient (Wildman–Crippen LogP) is 1.97. The monoisotopic (exact) mass is 295 g/mol. The average molecular weight is 295 g/mol. The predicted molar refractivity (Wildman–Crippen MR) is 77.6 cm³/mol. The molecular formula is C14H21N3O2S. The summed E-state index contributed by atoms with van der Waals surface area (Å²) in [4.78, 5) is 19.8. The Hall–Kier alpha value is -1.01. The number of esters is 1. The molecule has 3 rings (SSSR count). The van der Waals surface area contributed by atoms with Gasteiger partial charge in [0.2, 0.25) is 0 Å². The van der Waals surface area contributed by atoms with Crippen molar-refractivity contribution in [1.29, 1.82) is 0 Å². The van der Waals surface area contributed by atoms with E-state index in [0.717, 1.165) is 18.0 Å². The van der Waals surface area contributed by atoms with E-state index in [1.165, 1.54) is 12.8 Å². The summed E-state index contributed by atoms with van der Waals surface area (Å²) in [5.41, 5.74) is -0.533. The summed E-state index contributed by atoms with van der Waals surface area (Å²) in [5.74, 6) is 0.999. The SMILES string of the molecule is CCOC(=O)C(CSc1ncc[nH]1)(NC1CC1)C1CC1. The second-order valence-corrected chi connectivity index (χ2v) is 6.53. The fourth-order valence-electron chi connectivity index (χ4n) is 2.50. The van der Waals surface area contributed by atoms with Crippen LogP contribution in [0.15, 0.2) is 17.6 Å². The van der Waals surface area contributed by atoms with Crippen molar-refractivity contribution in [3.63, 3.8) is 0 Å². The number of carbonyl (C=O) groups excluding carboxylic acids is 1. The average Bonchev–Trinajstić information content (AvgIpc) is 3.35. The Balaban J connectivity index is 1.74. The van der Waals surface area contributed by atoms with Crippen molar-refractivity contribution in [1.82, 2.24) is 15.3 Å². The Morgan fingerprint density at radius 2 is 2.35 bits per heavy atom. The first-order valence-corrected chi connectivity index (χ1v) is 8.30. The first kappa shape index (κ1) is 13.9. The van der Waals surface area contributed by atoms with Crippen LogP contribution in [0.2, 0.25) is 0 Å². The van der Waals surface area contributed by atoms with Crippen LogP contribution in [0.1, 0.15) is 32.6 Å². The zero-order chi connectivity index (χ0) is 14.0. The van der Waals surface area contributed by atoms with Crippen molar-refractivity contribution in [2.24, 2.45) is 5.92 Å². The van der Waals surface area contributed by atoms with Crippen LogP contribution < -0.4 is 5.32 Å². The highest BCUT2D eigenvalue weighted by Crippen LogP contribution is 2.44. The Labute approximate surface area is 123 Å². The van der Waals surface area contributed by atoms with Gasteiger partial charge in [-0.05, 0) is 38.5 Å². The summed E-state index contributed by atoms with van der Waals surface area (Å²) in [6, 6.07) is 0.484. The molecular weight excluding hydrogens is 274 g/mol. The number of H-pyrrole nitrogens is 1. The fraction of sp³-hybridized carbons (Fsp3) is 0.714. The van der Waals surface area contributed by atoms with Crippen molar-refractivity contribution < 1.29 is 9.53 Å². The molecule has 5 nitrogen and oxygen atoms in total. The maximum absolute atomic E-state index is 12.5. The number of aromatic amines is 1. The van der Waals surface area contributed by atoms with Crippen LogP contribution >= 0.6 is 11.8 Å². The van der Waals surface area contributed by atoms with Gasteiger partial charge in [-0.25, -0.2) is 4.98 Å². The molecule has 20 heavy (non-hydrogen) atoms. The first-order chi connectivity index (χ1) is 9.74. The molecule has 2 fully saturated rings. The highest BCUT2D eigenvalue weighted by Gasteiger charge is 2.54. The molecule has 2 aliphatic carbocycles. The van der Waals surface area contributed by atoms with Crippen LogP contribution in [-0.4, -0.2) is 39.9 Å². The molecule has 1 unspecified atom stereocenters. The smallest absolute Gasteiger partial charge is 0.327 e. The lowest BCUT2D eigenvalue weighted by molar-refractivity contribution is -0.151. The summed E-state index contributed by atoms with van der Waals surface area (Å²) in [5, 5.41) is 4.43. The van der Waals surface area contributed by atoms with E-state index >= 15 is 0 Å². The van der Waals surface area contributed by atoms with E-state index in [9.17, 15) is 4.79 Å². The van der Waals surface area contributed by atoms with Crippen molar-refractivity contribution in [3.8, 4) is 0 Å². The number of thioether (sulfide) groups is 1. The quantitative estimate of drug-likeness (QED) is 0.567. The lowest BCUT2D eigenvalue weighted by Crippen LogP contribution is -2.58. The van der Waals surface area contributed by atoms with Gasteiger partial charge < -0.3 is 9.72 Å². The molecule has 6 heteroatoms. The maximum Gasteiger partial charge on any atom is 0.327 e. The minimum absolute atomic E-state index is 0.0894.